The molecule has 1 aromatic rings. The summed E-state index contributed by atoms with van der Waals surface area (Å²) in [5.74, 6) is 3.67. The number of morpholine rings is 1. The van der Waals surface area contributed by atoms with E-state index >= 15 is 0 Å². The zero-order valence-electron chi connectivity index (χ0n) is 13.3. The highest BCUT2D eigenvalue weighted by Gasteiger charge is 2.47. The van der Waals surface area contributed by atoms with Gasteiger partial charge in [0.1, 0.15) is 0 Å². The number of nitrogens with zero attached hydrogens (tertiary/aromatic N) is 3. The molecule has 124 valence electrons. The largest absolute Gasteiger partial charge is 0.365 e. The molecule has 6 heteroatoms. The van der Waals surface area contributed by atoms with E-state index in [1.165, 1.54) is 25.7 Å². The molecule has 0 spiro atoms. The van der Waals surface area contributed by atoms with Gasteiger partial charge in [0.2, 0.25) is 5.91 Å². The molecule has 3 saturated carbocycles. The normalized spacial score (nSPS) is 36.6. The molecule has 0 N–H and O–H groups in total. The molecule has 1 atom stereocenters. The number of carbonyl (C=O) groups excluding carboxylic acids is 1. The van der Waals surface area contributed by atoms with E-state index in [0.29, 0.717) is 49.2 Å². The van der Waals surface area contributed by atoms with Gasteiger partial charge in [-0.05, 0) is 50.4 Å². The summed E-state index contributed by atoms with van der Waals surface area (Å²) in [6.45, 7) is 1.80. The van der Waals surface area contributed by atoms with Crippen molar-refractivity contribution in [3.63, 3.8) is 0 Å². The van der Waals surface area contributed by atoms with Crippen molar-refractivity contribution in [2.75, 3.05) is 19.7 Å². The van der Waals surface area contributed by atoms with E-state index in [2.05, 4.69) is 10.1 Å². The van der Waals surface area contributed by atoms with E-state index < -0.39 is 0 Å². The summed E-state index contributed by atoms with van der Waals surface area (Å²) in [7, 11) is 0. The van der Waals surface area contributed by atoms with Crippen LogP contribution < -0.4 is 0 Å². The standard InChI is InChI=1S/C17H23N3O3/c21-17(14-10-1-2-11(14)4-3-10)20-7-8-22-13(9-20)16-18-15(19-23-16)12-5-6-12/h10-14H,1-9H2. The lowest BCUT2D eigenvalue weighted by Gasteiger charge is -2.34. The van der Waals surface area contributed by atoms with E-state index in [4.69, 9.17) is 9.26 Å². The van der Waals surface area contributed by atoms with E-state index in [0.717, 1.165) is 18.7 Å². The lowest BCUT2D eigenvalue weighted by atomic mass is 9.95. The first kappa shape index (κ1) is 14.0. The lowest BCUT2D eigenvalue weighted by molar-refractivity contribution is -0.145. The smallest absolute Gasteiger partial charge is 0.257 e. The molecule has 4 fully saturated rings. The van der Waals surface area contributed by atoms with Gasteiger partial charge in [-0.15, -0.1) is 0 Å². The van der Waals surface area contributed by atoms with Crippen LogP contribution >= 0.6 is 0 Å². The number of aromatic nitrogens is 2. The van der Waals surface area contributed by atoms with Crippen LogP contribution in [0.3, 0.4) is 0 Å². The SMILES string of the molecule is O=C(C1C2CCC1CC2)N1CCOC(c2nc(C3CC3)no2)C1. The van der Waals surface area contributed by atoms with Crippen LogP contribution in [0, 0.1) is 17.8 Å². The van der Waals surface area contributed by atoms with E-state index in [1.807, 2.05) is 4.90 Å². The maximum atomic E-state index is 13.0. The molecule has 1 aromatic heterocycles. The molecule has 1 saturated heterocycles. The number of hydrogen-bond donors (Lipinski definition) is 0. The number of carbonyl (C=O) groups is 1. The molecule has 0 aromatic carbocycles. The summed E-state index contributed by atoms with van der Waals surface area (Å²) in [6, 6.07) is 0. The van der Waals surface area contributed by atoms with E-state index in [9.17, 15) is 4.79 Å². The summed E-state index contributed by atoms with van der Waals surface area (Å²) >= 11 is 0. The van der Waals surface area contributed by atoms with Crippen LogP contribution in [-0.4, -0.2) is 40.6 Å². The van der Waals surface area contributed by atoms with Crippen molar-refractivity contribution >= 4 is 5.91 Å². The molecule has 5 rings (SSSR count). The first-order valence-corrected chi connectivity index (χ1v) is 9.03. The molecule has 1 amide bonds. The van der Waals surface area contributed by atoms with Crippen LogP contribution in [0.4, 0.5) is 0 Å². The molecule has 3 aliphatic carbocycles. The van der Waals surface area contributed by atoms with Gasteiger partial charge < -0.3 is 14.2 Å². The van der Waals surface area contributed by atoms with Gasteiger partial charge in [0.25, 0.3) is 5.89 Å². The molecule has 4 aliphatic rings. The highest BCUT2D eigenvalue weighted by Crippen LogP contribution is 2.50. The average Bonchev–Trinajstić information content (AvgIpc) is 3.05. The minimum atomic E-state index is -0.258. The Morgan fingerprint density at radius 3 is 2.52 bits per heavy atom. The van der Waals surface area contributed by atoms with Crippen molar-refractivity contribution in [1.82, 2.24) is 15.0 Å². The zero-order chi connectivity index (χ0) is 15.4. The first-order valence-electron chi connectivity index (χ1n) is 9.03. The van der Waals surface area contributed by atoms with Gasteiger partial charge in [0.05, 0.1) is 13.2 Å². The first-order chi connectivity index (χ1) is 11.3. The fourth-order valence-electron chi connectivity index (χ4n) is 4.75. The monoisotopic (exact) mass is 317 g/mol. The van der Waals surface area contributed by atoms with E-state index in [1.54, 1.807) is 0 Å². The molecule has 0 radical (unpaired) electrons. The van der Waals surface area contributed by atoms with Gasteiger partial charge in [0, 0.05) is 18.4 Å². The van der Waals surface area contributed by atoms with Crippen LogP contribution in [0.25, 0.3) is 0 Å². The molecular formula is C17H23N3O3. The molecule has 1 unspecified atom stereocenters. The highest BCUT2D eigenvalue weighted by atomic mass is 16.5. The van der Waals surface area contributed by atoms with Crippen molar-refractivity contribution in [1.29, 1.82) is 0 Å². The molecule has 1 aliphatic heterocycles. The van der Waals surface area contributed by atoms with Crippen LogP contribution in [0.1, 0.15) is 62.3 Å². The Morgan fingerprint density at radius 2 is 1.83 bits per heavy atom. The van der Waals surface area contributed by atoms with Crippen molar-refractivity contribution in [2.24, 2.45) is 17.8 Å². The Kier molecular flexibility index (Phi) is 3.21. The second-order valence-electron chi connectivity index (χ2n) is 7.61. The predicted molar refractivity (Wildman–Crippen MR) is 80.5 cm³/mol. The molecule has 6 nitrogen and oxygen atoms in total. The topological polar surface area (TPSA) is 68.5 Å². The predicted octanol–water partition coefficient (Wildman–Crippen LogP) is 2.28. The lowest BCUT2D eigenvalue weighted by Crippen LogP contribution is -2.46. The van der Waals surface area contributed by atoms with Gasteiger partial charge >= 0.3 is 0 Å². The fraction of sp³-hybridized carbons (Fsp3) is 0.824. The molecule has 2 heterocycles. The van der Waals surface area contributed by atoms with Crippen LogP contribution in [0.5, 0.6) is 0 Å². The Bertz CT molecular complexity index is 592. The average molecular weight is 317 g/mol. The van der Waals surface area contributed by atoms with Crippen LogP contribution in [-0.2, 0) is 9.53 Å². The van der Waals surface area contributed by atoms with Crippen molar-refractivity contribution in [3.05, 3.63) is 11.7 Å². The third-order valence-corrected chi connectivity index (χ3v) is 6.17. The highest BCUT2D eigenvalue weighted by molar-refractivity contribution is 5.80. The Labute approximate surface area is 135 Å². The molecule has 23 heavy (non-hydrogen) atoms. The maximum absolute atomic E-state index is 13.0. The van der Waals surface area contributed by atoms with Crippen molar-refractivity contribution in [2.45, 2.75) is 50.5 Å². The van der Waals surface area contributed by atoms with Gasteiger partial charge in [-0.2, -0.15) is 4.98 Å². The second kappa shape index (κ2) is 5.30. The van der Waals surface area contributed by atoms with Gasteiger partial charge in [-0.25, -0.2) is 0 Å². The minimum Gasteiger partial charge on any atom is -0.365 e. The second-order valence-corrected chi connectivity index (χ2v) is 7.61. The Morgan fingerprint density at radius 1 is 1.09 bits per heavy atom. The number of hydrogen-bond acceptors (Lipinski definition) is 5. The summed E-state index contributed by atoms with van der Waals surface area (Å²) in [4.78, 5) is 19.4. The number of rotatable bonds is 3. The van der Waals surface area contributed by atoms with Crippen LogP contribution in [0.15, 0.2) is 4.52 Å². The fourth-order valence-corrected chi connectivity index (χ4v) is 4.75. The summed E-state index contributed by atoms with van der Waals surface area (Å²) in [5, 5.41) is 4.07. The maximum Gasteiger partial charge on any atom is 0.257 e. The summed E-state index contributed by atoms with van der Waals surface area (Å²) in [5.41, 5.74) is 0. The van der Waals surface area contributed by atoms with Crippen molar-refractivity contribution in [3.8, 4) is 0 Å². The summed E-state index contributed by atoms with van der Waals surface area (Å²) in [6.07, 6.45) is 7.00. The number of fused-ring (bicyclic) bond motifs is 2. The third kappa shape index (κ3) is 2.38. The zero-order valence-corrected chi connectivity index (χ0v) is 13.3. The quantitative estimate of drug-likeness (QED) is 0.855. The molecule has 2 bridgehead atoms. The Hall–Kier alpha value is -1.43. The Balaban J connectivity index is 1.29. The molecular weight excluding hydrogens is 294 g/mol. The third-order valence-electron chi connectivity index (χ3n) is 6.17. The van der Waals surface area contributed by atoms with Gasteiger partial charge in [-0.3, -0.25) is 4.79 Å². The summed E-state index contributed by atoms with van der Waals surface area (Å²) < 4.78 is 11.2. The number of ether oxygens (including phenoxy) is 1. The van der Waals surface area contributed by atoms with E-state index in [-0.39, 0.29) is 12.0 Å². The van der Waals surface area contributed by atoms with Crippen LogP contribution in [0.2, 0.25) is 0 Å². The van der Waals surface area contributed by atoms with Gasteiger partial charge in [-0.1, -0.05) is 5.16 Å². The minimum absolute atomic E-state index is 0.258. The van der Waals surface area contributed by atoms with Gasteiger partial charge in [0.15, 0.2) is 11.9 Å². The number of amides is 1. The van der Waals surface area contributed by atoms with Crippen molar-refractivity contribution < 1.29 is 14.1 Å².